The van der Waals surface area contributed by atoms with Crippen LogP contribution in [0.4, 0.5) is 5.69 Å². The maximum Gasteiger partial charge on any atom is 0.243 e. The van der Waals surface area contributed by atoms with Crippen LogP contribution in [0.25, 0.3) is 0 Å². The largest absolute Gasteiger partial charge is 0.376 e. The van der Waals surface area contributed by atoms with Crippen LogP contribution in [0, 0.1) is 0 Å². The maximum absolute atomic E-state index is 12.8. The summed E-state index contributed by atoms with van der Waals surface area (Å²) in [5.74, 6) is 0.0603. The Hall–Kier alpha value is -1.44. The number of nitrogens with zero attached hydrogens (tertiary/aromatic N) is 2. The predicted molar refractivity (Wildman–Crippen MR) is 82.3 cm³/mol. The molecule has 120 valence electrons. The Morgan fingerprint density at radius 3 is 2.77 bits per heavy atom. The van der Waals surface area contributed by atoms with Crippen molar-refractivity contribution >= 4 is 21.6 Å². The zero-order valence-electron chi connectivity index (χ0n) is 12.8. The number of aryl methyl sites for hydroxylation is 1. The molecule has 2 aliphatic heterocycles. The van der Waals surface area contributed by atoms with Crippen molar-refractivity contribution in [2.75, 3.05) is 31.6 Å². The maximum atomic E-state index is 12.8. The molecule has 1 aromatic rings. The van der Waals surface area contributed by atoms with Gasteiger partial charge in [0, 0.05) is 32.2 Å². The number of morpholine rings is 1. The van der Waals surface area contributed by atoms with Crippen LogP contribution in [0.2, 0.25) is 0 Å². The van der Waals surface area contributed by atoms with Gasteiger partial charge in [0.25, 0.3) is 0 Å². The molecule has 0 bridgehead atoms. The number of fused-ring (bicyclic) bond motifs is 1. The van der Waals surface area contributed by atoms with E-state index in [1.165, 1.54) is 4.31 Å². The van der Waals surface area contributed by atoms with Gasteiger partial charge in [0.1, 0.15) is 0 Å². The van der Waals surface area contributed by atoms with Crippen molar-refractivity contribution < 1.29 is 17.9 Å². The third-order valence-electron chi connectivity index (χ3n) is 4.24. The van der Waals surface area contributed by atoms with E-state index in [-0.39, 0.29) is 12.0 Å². The molecular weight excluding hydrogens is 304 g/mol. The van der Waals surface area contributed by atoms with Crippen LogP contribution in [0.15, 0.2) is 23.1 Å². The van der Waals surface area contributed by atoms with E-state index in [0.29, 0.717) is 37.4 Å². The summed E-state index contributed by atoms with van der Waals surface area (Å²) >= 11 is 0. The molecule has 7 heteroatoms. The van der Waals surface area contributed by atoms with Crippen LogP contribution in [-0.4, -0.2) is 51.5 Å². The Balaban J connectivity index is 1.93. The van der Waals surface area contributed by atoms with Gasteiger partial charge in [-0.2, -0.15) is 4.31 Å². The first-order valence-corrected chi connectivity index (χ1v) is 8.85. The number of benzene rings is 1. The minimum absolute atomic E-state index is 0.0603. The molecule has 6 nitrogen and oxygen atoms in total. The van der Waals surface area contributed by atoms with Crippen molar-refractivity contribution in [2.24, 2.45) is 0 Å². The molecule has 1 amide bonds. The number of hydrogen-bond acceptors (Lipinski definition) is 4. The summed E-state index contributed by atoms with van der Waals surface area (Å²) in [5, 5.41) is 0. The van der Waals surface area contributed by atoms with Gasteiger partial charge in [-0.15, -0.1) is 0 Å². The minimum atomic E-state index is -3.51. The third kappa shape index (κ3) is 2.64. The molecule has 1 unspecified atom stereocenters. The Morgan fingerprint density at radius 2 is 2.05 bits per heavy atom. The van der Waals surface area contributed by atoms with E-state index in [1.54, 1.807) is 30.1 Å². The fraction of sp³-hybridized carbons (Fsp3) is 0.533. The molecule has 0 saturated carbocycles. The van der Waals surface area contributed by atoms with Crippen LogP contribution in [0.1, 0.15) is 18.9 Å². The van der Waals surface area contributed by atoms with E-state index in [4.69, 9.17) is 4.74 Å². The minimum Gasteiger partial charge on any atom is -0.376 e. The van der Waals surface area contributed by atoms with E-state index in [9.17, 15) is 13.2 Å². The normalized spacial score (nSPS) is 23.5. The predicted octanol–water partition coefficient (Wildman–Crippen LogP) is 1.01. The molecule has 0 spiro atoms. The summed E-state index contributed by atoms with van der Waals surface area (Å²) in [6.45, 7) is 3.04. The smallest absolute Gasteiger partial charge is 0.243 e. The number of rotatable bonds is 2. The van der Waals surface area contributed by atoms with Crippen LogP contribution in [0.5, 0.6) is 0 Å². The van der Waals surface area contributed by atoms with Crippen molar-refractivity contribution in [1.82, 2.24) is 4.31 Å². The van der Waals surface area contributed by atoms with E-state index in [2.05, 4.69) is 0 Å². The number of amides is 1. The fourth-order valence-corrected chi connectivity index (χ4v) is 4.50. The van der Waals surface area contributed by atoms with Crippen LogP contribution in [-0.2, 0) is 26.0 Å². The molecule has 2 heterocycles. The van der Waals surface area contributed by atoms with Crippen LogP contribution in [0.3, 0.4) is 0 Å². The van der Waals surface area contributed by atoms with Gasteiger partial charge in [0.15, 0.2) is 0 Å². The molecule has 0 aliphatic carbocycles. The van der Waals surface area contributed by atoms with Crippen molar-refractivity contribution in [2.45, 2.75) is 30.8 Å². The van der Waals surface area contributed by atoms with E-state index in [0.717, 1.165) is 11.3 Å². The van der Waals surface area contributed by atoms with Crippen molar-refractivity contribution in [3.63, 3.8) is 0 Å². The van der Waals surface area contributed by atoms with Gasteiger partial charge in [-0.25, -0.2) is 8.42 Å². The fourth-order valence-electron chi connectivity index (χ4n) is 2.95. The summed E-state index contributed by atoms with van der Waals surface area (Å²) in [6.07, 6.45) is 0.910. The second-order valence-corrected chi connectivity index (χ2v) is 7.73. The molecular formula is C15H20N2O4S. The first-order chi connectivity index (χ1) is 10.4. The highest BCUT2D eigenvalue weighted by molar-refractivity contribution is 7.89. The lowest BCUT2D eigenvalue weighted by atomic mass is 10.0. The lowest BCUT2D eigenvalue weighted by Crippen LogP contribution is -2.44. The molecule has 0 N–H and O–H groups in total. The van der Waals surface area contributed by atoms with Gasteiger partial charge >= 0.3 is 0 Å². The van der Waals surface area contributed by atoms with Gasteiger partial charge in [0.2, 0.25) is 15.9 Å². The Bertz CT molecular complexity index is 701. The van der Waals surface area contributed by atoms with E-state index >= 15 is 0 Å². The standard InChI is InChI=1S/C15H20N2O4S/c1-11-10-17(7-8-21-11)22(19,20)13-4-5-14-12(9-13)3-6-15(18)16(14)2/h4-5,9,11H,3,6-8,10H2,1-2H3. The highest BCUT2D eigenvalue weighted by Crippen LogP contribution is 2.30. The topological polar surface area (TPSA) is 66.9 Å². The number of anilines is 1. The summed E-state index contributed by atoms with van der Waals surface area (Å²) in [7, 11) is -1.79. The summed E-state index contributed by atoms with van der Waals surface area (Å²) in [4.78, 5) is 13.6. The lowest BCUT2D eigenvalue weighted by molar-refractivity contribution is -0.118. The Morgan fingerprint density at radius 1 is 1.27 bits per heavy atom. The number of carbonyl (C=O) groups is 1. The second kappa shape index (κ2) is 5.64. The SMILES string of the molecule is CC1CN(S(=O)(=O)c2ccc3c(c2)CCC(=O)N3C)CCO1. The Labute approximate surface area is 130 Å². The zero-order valence-corrected chi connectivity index (χ0v) is 13.6. The highest BCUT2D eigenvalue weighted by atomic mass is 32.2. The van der Waals surface area contributed by atoms with Crippen molar-refractivity contribution in [1.29, 1.82) is 0 Å². The molecule has 0 radical (unpaired) electrons. The monoisotopic (exact) mass is 324 g/mol. The van der Waals surface area contributed by atoms with Gasteiger partial charge in [-0.1, -0.05) is 0 Å². The first kappa shape index (κ1) is 15.5. The lowest BCUT2D eigenvalue weighted by Gasteiger charge is -2.31. The molecule has 1 saturated heterocycles. The zero-order chi connectivity index (χ0) is 15.9. The van der Waals surface area contributed by atoms with Gasteiger partial charge in [0.05, 0.1) is 17.6 Å². The first-order valence-electron chi connectivity index (χ1n) is 7.41. The number of hydrogen-bond donors (Lipinski definition) is 0. The molecule has 1 aromatic carbocycles. The van der Waals surface area contributed by atoms with E-state index in [1.807, 2.05) is 6.92 Å². The summed E-state index contributed by atoms with van der Waals surface area (Å²) in [6, 6.07) is 5.01. The average Bonchev–Trinajstić information content (AvgIpc) is 2.50. The molecule has 0 aromatic heterocycles. The molecule has 2 aliphatic rings. The average molecular weight is 324 g/mol. The van der Waals surface area contributed by atoms with Gasteiger partial charge in [-0.3, -0.25) is 4.79 Å². The molecule has 22 heavy (non-hydrogen) atoms. The summed E-state index contributed by atoms with van der Waals surface area (Å²) in [5.41, 5.74) is 1.70. The summed E-state index contributed by atoms with van der Waals surface area (Å²) < 4.78 is 32.4. The van der Waals surface area contributed by atoms with Gasteiger partial charge < -0.3 is 9.64 Å². The number of carbonyl (C=O) groups excluding carboxylic acids is 1. The van der Waals surface area contributed by atoms with Crippen LogP contribution >= 0.6 is 0 Å². The number of ether oxygens (including phenoxy) is 1. The number of sulfonamides is 1. The van der Waals surface area contributed by atoms with Crippen molar-refractivity contribution in [3.05, 3.63) is 23.8 Å². The second-order valence-electron chi connectivity index (χ2n) is 5.79. The Kier molecular flexibility index (Phi) is 3.96. The highest BCUT2D eigenvalue weighted by Gasteiger charge is 2.30. The third-order valence-corrected chi connectivity index (χ3v) is 6.10. The molecule has 1 atom stereocenters. The van der Waals surface area contributed by atoms with E-state index < -0.39 is 10.0 Å². The van der Waals surface area contributed by atoms with Crippen molar-refractivity contribution in [3.8, 4) is 0 Å². The quantitative estimate of drug-likeness (QED) is 0.814. The van der Waals surface area contributed by atoms with Gasteiger partial charge in [-0.05, 0) is 37.1 Å². The van der Waals surface area contributed by atoms with Crippen LogP contribution < -0.4 is 4.90 Å². The molecule has 3 rings (SSSR count). The molecule has 1 fully saturated rings.